The molecule has 0 bridgehead atoms. The van der Waals surface area contributed by atoms with Crippen LogP contribution in [0, 0.1) is 11.3 Å². The minimum Gasteiger partial charge on any atom is -0.369 e. The normalized spacial score (nSPS) is 23.0. The quantitative estimate of drug-likeness (QED) is 0.502. The molecule has 0 N–H and O–H groups in total. The van der Waals surface area contributed by atoms with Crippen LogP contribution >= 0.6 is 0 Å². The number of nitriles is 1. The van der Waals surface area contributed by atoms with Crippen LogP contribution in [0.1, 0.15) is 50.2 Å². The number of rotatable bonds is 5. The van der Waals surface area contributed by atoms with Crippen molar-refractivity contribution in [3.63, 3.8) is 0 Å². The molecule has 4 heteroatoms. The number of likely N-dealkylation sites (N-methyl/N-ethyl adjacent to an activating group) is 1. The summed E-state index contributed by atoms with van der Waals surface area (Å²) in [5.41, 5.74) is 4.62. The van der Waals surface area contributed by atoms with Gasteiger partial charge in [-0.05, 0) is 37.0 Å². The van der Waals surface area contributed by atoms with Crippen LogP contribution in [0.3, 0.4) is 0 Å². The Labute approximate surface area is 181 Å². The molecule has 30 heavy (non-hydrogen) atoms. The van der Waals surface area contributed by atoms with Gasteiger partial charge in [0.1, 0.15) is 5.84 Å². The number of allylic oxidation sites excluding steroid dienone is 2. The van der Waals surface area contributed by atoms with Crippen molar-refractivity contribution in [2.75, 3.05) is 20.6 Å². The van der Waals surface area contributed by atoms with Crippen molar-refractivity contribution in [3.8, 4) is 6.07 Å². The summed E-state index contributed by atoms with van der Waals surface area (Å²) < 4.78 is 0. The van der Waals surface area contributed by atoms with Gasteiger partial charge in [-0.1, -0.05) is 56.3 Å². The zero-order chi connectivity index (χ0) is 21.7. The summed E-state index contributed by atoms with van der Waals surface area (Å²) in [6, 6.07) is 11.3. The topological polar surface area (TPSA) is 42.6 Å². The summed E-state index contributed by atoms with van der Waals surface area (Å²) in [4.78, 5) is 9.36. The molecule has 1 atom stereocenters. The van der Waals surface area contributed by atoms with E-state index in [1.807, 2.05) is 19.2 Å². The predicted molar refractivity (Wildman–Crippen MR) is 125 cm³/mol. The molecular formula is C26H34N4. The van der Waals surface area contributed by atoms with Crippen LogP contribution in [-0.4, -0.2) is 42.3 Å². The third-order valence-corrected chi connectivity index (χ3v) is 6.85. The van der Waals surface area contributed by atoms with Gasteiger partial charge >= 0.3 is 0 Å². The Balaban J connectivity index is 1.97. The van der Waals surface area contributed by atoms with E-state index in [2.05, 4.69) is 67.3 Å². The highest BCUT2D eigenvalue weighted by atomic mass is 15.3. The van der Waals surface area contributed by atoms with Crippen LogP contribution in [0.15, 0.2) is 66.0 Å². The molecule has 0 radical (unpaired) electrons. The van der Waals surface area contributed by atoms with E-state index >= 15 is 0 Å². The molecular weight excluding hydrogens is 368 g/mol. The molecule has 3 rings (SSSR count). The van der Waals surface area contributed by atoms with Crippen molar-refractivity contribution < 1.29 is 0 Å². The smallest absolute Gasteiger partial charge is 0.104 e. The first kappa shape index (κ1) is 21.9. The van der Waals surface area contributed by atoms with Crippen molar-refractivity contribution in [3.05, 3.63) is 72.1 Å². The zero-order valence-corrected chi connectivity index (χ0v) is 18.7. The van der Waals surface area contributed by atoms with E-state index in [0.717, 1.165) is 48.6 Å². The van der Waals surface area contributed by atoms with E-state index in [9.17, 15) is 0 Å². The summed E-state index contributed by atoms with van der Waals surface area (Å²) in [6.45, 7) is 11.4. The molecule has 1 aliphatic carbocycles. The maximum atomic E-state index is 9.14. The summed E-state index contributed by atoms with van der Waals surface area (Å²) in [5, 5.41) is 9.14. The van der Waals surface area contributed by atoms with Gasteiger partial charge in [0.2, 0.25) is 0 Å². The molecule has 1 saturated carbocycles. The van der Waals surface area contributed by atoms with Gasteiger partial charge in [-0.3, -0.25) is 4.99 Å². The van der Waals surface area contributed by atoms with Crippen LogP contribution < -0.4 is 0 Å². The van der Waals surface area contributed by atoms with E-state index in [1.165, 1.54) is 18.4 Å². The Kier molecular flexibility index (Phi) is 6.82. The molecule has 1 aromatic carbocycles. The first-order chi connectivity index (χ1) is 14.5. The molecule has 2 fully saturated rings. The third-order valence-electron chi connectivity index (χ3n) is 6.85. The van der Waals surface area contributed by atoms with Crippen molar-refractivity contribution in [1.82, 2.24) is 9.80 Å². The van der Waals surface area contributed by atoms with Crippen LogP contribution in [0.5, 0.6) is 0 Å². The molecule has 0 aromatic heterocycles. The molecule has 0 spiro atoms. The molecule has 1 heterocycles. The van der Waals surface area contributed by atoms with E-state index in [0.29, 0.717) is 12.5 Å². The fourth-order valence-corrected chi connectivity index (χ4v) is 4.95. The third kappa shape index (κ3) is 4.21. The van der Waals surface area contributed by atoms with Crippen molar-refractivity contribution >= 4 is 5.84 Å². The first-order valence-corrected chi connectivity index (χ1v) is 10.9. The standard InChI is InChI=1S/C26H34N4/c1-6-10-24-21(3)29(5)20(2)19-30(24)25(28-4)18-26(14-7-8-15-26)23-12-9-11-22(17-23)13-16-27/h6,9-12,17,20H,1,3,7-8,13-15,18-19H2,2,4-5H3/b24-10-,28-25-. The highest BCUT2D eigenvalue weighted by molar-refractivity contribution is 5.86. The minimum absolute atomic E-state index is 0.0769. The number of benzene rings is 1. The lowest BCUT2D eigenvalue weighted by atomic mass is 9.75. The van der Waals surface area contributed by atoms with Crippen LogP contribution in [-0.2, 0) is 11.8 Å². The van der Waals surface area contributed by atoms with E-state index in [1.54, 1.807) is 0 Å². The average Bonchev–Trinajstić information content (AvgIpc) is 3.23. The van der Waals surface area contributed by atoms with Gasteiger partial charge in [-0.15, -0.1) is 0 Å². The van der Waals surface area contributed by atoms with Gasteiger partial charge in [-0.2, -0.15) is 5.26 Å². The summed E-state index contributed by atoms with van der Waals surface area (Å²) in [5.74, 6) is 1.11. The first-order valence-electron chi connectivity index (χ1n) is 10.9. The molecule has 1 unspecified atom stereocenters. The number of piperazine rings is 1. The number of hydrogen-bond donors (Lipinski definition) is 0. The maximum Gasteiger partial charge on any atom is 0.104 e. The lowest BCUT2D eigenvalue weighted by Crippen LogP contribution is -2.50. The molecule has 2 aliphatic rings. The van der Waals surface area contributed by atoms with Crippen LogP contribution in [0.4, 0.5) is 0 Å². The van der Waals surface area contributed by atoms with Gasteiger partial charge in [0.15, 0.2) is 0 Å². The van der Waals surface area contributed by atoms with E-state index < -0.39 is 0 Å². The average molecular weight is 403 g/mol. The molecule has 0 amide bonds. The highest BCUT2D eigenvalue weighted by Crippen LogP contribution is 2.45. The van der Waals surface area contributed by atoms with E-state index in [4.69, 9.17) is 10.3 Å². The van der Waals surface area contributed by atoms with Crippen LogP contribution in [0.2, 0.25) is 0 Å². The number of nitrogens with zero attached hydrogens (tertiary/aromatic N) is 4. The Morgan fingerprint density at radius 1 is 1.37 bits per heavy atom. The monoisotopic (exact) mass is 402 g/mol. The predicted octanol–water partition coefficient (Wildman–Crippen LogP) is 5.20. The summed E-state index contributed by atoms with van der Waals surface area (Å²) in [7, 11) is 4.00. The molecule has 4 nitrogen and oxygen atoms in total. The second-order valence-corrected chi connectivity index (χ2v) is 8.64. The zero-order valence-electron chi connectivity index (χ0n) is 18.7. The molecule has 158 valence electrons. The Hall–Kier alpha value is -2.80. The maximum absolute atomic E-state index is 9.14. The van der Waals surface area contributed by atoms with Crippen LogP contribution in [0.25, 0.3) is 0 Å². The molecule has 1 aromatic rings. The Bertz CT molecular complexity index is 896. The Morgan fingerprint density at radius 2 is 2.10 bits per heavy atom. The van der Waals surface area contributed by atoms with Crippen molar-refractivity contribution in [2.24, 2.45) is 4.99 Å². The largest absolute Gasteiger partial charge is 0.369 e. The number of amidine groups is 1. The Morgan fingerprint density at radius 3 is 2.73 bits per heavy atom. The lowest BCUT2D eigenvalue weighted by molar-refractivity contribution is 0.232. The molecule has 1 aliphatic heterocycles. The van der Waals surface area contributed by atoms with Gasteiger partial charge in [0.05, 0.1) is 23.9 Å². The fraction of sp³-hybridized carbons (Fsp3) is 0.462. The highest BCUT2D eigenvalue weighted by Gasteiger charge is 2.39. The van der Waals surface area contributed by atoms with Crippen molar-refractivity contribution in [2.45, 2.75) is 56.9 Å². The fourth-order valence-electron chi connectivity index (χ4n) is 4.95. The second kappa shape index (κ2) is 9.34. The van der Waals surface area contributed by atoms with Crippen molar-refractivity contribution in [1.29, 1.82) is 5.26 Å². The molecule has 1 saturated heterocycles. The van der Waals surface area contributed by atoms with E-state index in [-0.39, 0.29) is 5.41 Å². The summed E-state index contributed by atoms with van der Waals surface area (Å²) >= 11 is 0. The van der Waals surface area contributed by atoms with Gasteiger partial charge < -0.3 is 9.80 Å². The SMILES string of the molecule is C=C/C=C1/C(=C)N(C)C(C)CN1/C(CC1(c2cccc(CC#N)c2)CCCC1)=N\C. The number of aliphatic imine (C=N–C) groups is 1. The number of hydrogen-bond acceptors (Lipinski definition) is 3. The van der Waals surface area contributed by atoms with Gasteiger partial charge in [0, 0.05) is 38.5 Å². The lowest BCUT2D eigenvalue weighted by Gasteiger charge is -2.45. The summed E-state index contributed by atoms with van der Waals surface area (Å²) in [6.07, 6.45) is 10.0. The second-order valence-electron chi connectivity index (χ2n) is 8.64. The van der Waals surface area contributed by atoms with Gasteiger partial charge in [-0.25, -0.2) is 0 Å². The van der Waals surface area contributed by atoms with Gasteiger partial charge in [0.25, 0.3) is 0 Å². The minimum atomic E-state index is 0.0769.